The molecule has 0 heterocycles. The third-order valence-electron chi connectivity index (χ3n) is 12.1. The molecule has 0 spiro atoms. The normalized spacial score (nSPS) is 10.9. The molecule has 0 unspecified atom stereocenters. The van der Waals surface area contributed by atoms with Crippen molar-refractivity contribution in [2.24, 2.45) is 5.11 Å². The van der Waals surface area contributed by atoms with E-state index in [1.165, 1.54) is 42.5 Å². The zero-order valence-corrected chi connectivity index (χ0v) is 45.0. The molecule has 80 heavy (non-hydrogen) atoms. The molecule has 0 amide bonds. The molecule has 0 aromatic heterocycles. The number of carbonyl (C=O) groups excluding carboxylic acids is 5. The first kappa shape index (κ1) is 62.0. The fourth-order valence-corrected chi connectivity index (χ4v) is 7.68. The summed E-state index contributed by atoms with van der Waals surface area (Å²) in [6.45, 7) is 9.00. The van der Waals surface area contributed by atoms with Gasteiger partial charge in [0.25, 0.3) is 5.69 Å². The highest BCUT2D eigenvalue weighted by atomic mass is 16.6. The first-order valence-electron chi connectivity index (χ1n) is 26.9. The number of benzene rings is 5. The van der Waals surface area contributed by atoms with E-state index >= 15 is 0 Å². The lowest BCUT2D eigenvalue weighted by molar-refractivity contribution is -0.435. The molecule has 5 rings (SSSR count). The highest BCUT2D eigenvalue weighted by molar-refractivity contribution is 6.06. The summed E-state index contributed by atoms with van der Waals surface area (Å²) in [5.41, 5.74) is 0.0714. The molecule has 19 heteroatoms. The van der Waals surface area contributed by atoms with Crippen molar-refractivity contribution < 1.29 is 71.7 Å². The molecule has 0 bridgehead atoms. The van der Waals surface area contributed by atoms with Gasteiger partial charge in [-0.3, -0.25) is 10.1 Å². The number of ether oxygens (including phenoxy) is 8. The highest BCUT2D eigenvalue weighted by Crippen LogP contribution is 2.26. The maximum Gasteiger partial charge on any atom is 0.344 e. The average molecular weight is 1100 g/mol. The number of esters is 5. The number of hydrogen-bond donors (Lipinski definition) is 0. The minimum absolute atomic E-state index is 0.00157. The van der Waals surface area contributed by atoms with Gasteiger partial charge in [0.15, 0.2) is 0 Å². The van der Waals surface area contributed by atoms with E-state index in [1.807, 2.05) is 0 Å². The topological polar surface area (TPSA) is 241 Å². The van der Waals surface area contributed by atoms with Crippen LogP contribution in [0.1, 0.15) is 134 Å². The first-order valence-corrected chi connectivity index (χ1v) is 26.9. The molecule has 0 radical (unpaired) electrons. The summed E-state index contributed by atoms with van der Waals surface area (Å²) < 4.78 is 44.5. The van der Waals surface area contributed by atoms with Gasteiger partial charge in [0.1, 0.15) is 34.4 Å². The van der Waals surface area contributed by atoms with Gasteiger partial charge in [0.05, 0.1) is 61.3 Å². The Morgan fingerprint density at radius 1 is 0.412 bits per heavy atom. The SMILES string of the molecule is C=CC(=O)OCCCCCCCCOc1ccc(OC(=O)c2ccc(C(=O)Oc3ccc(OCCCCCCCCOC(=O)C=C)cc3)c(C(=O)OCCCCCCOc3ccc(N=[N+]([O-])c4ccc([N+](=O)[O-])cc4)cc3)c2)cc1. The molecule has 19 nitrogen and oxygen atoms in total. The number of non-ortho nitro benzene ring substituents is 1. The van der Waals surface area contributed by atoms with E-state index in [0.29, 0.717) is 80.1 Å². The van der Waals surface area contributed by atoms with Crippen LogP contribution in [0.5, 0.6) is 28.7 Å². The quantitative estimate of drug-likeness (QED) is 0.00411. The van der Waals surface area contributed by atoms with Crippen LogP contribution in [-0.4, -0.2) is 79.3 Å². The second-order valence-corrected chi connectivity index (χ2v) is 18.2. The Kier molecular flexibility index (Phi) is 27.5. The number of nitro benzene ring substituents is 1. The van der Waals surface area contributed by atoms with Gasteiger partial charge in [-0.1, -0.05) is 69.4 Å². The molecule has 5 aromatic carbocycles. The Balaban J connectivity index is 1.09. The molecule has 0 saturated carbocycles. The van der Waals surface area contributed by atoms with Gasteiger partial charge in [-0.2, -0.15) is 0 Å². The number of azo groups is 1. The molecule has 0 fully saturated rings. The lowest BCUT2D eigenvalue weighted by Crippen LogP contribution is -2.18. The largest absolute Gasteiger partial charge is 0.594 e. The van der Waals surface area contributed by atoms with Crippen LogP contribution in [0.2, 0.25) is 0 Å². The Bertz CT molecular complexity index is 2800. The first-order chi connectivity index (χ1) is 38.9. The minimum Gasteiger partial charge on any atom is -0.594 e. The zero-order chi connectivity index (χ0) is 57.2. The van der Waals surface area contributed by atoms with Crippen LogP contribution in [0.25, 0.3) is 0 Å². The van der Waals surface area contributed by atoms with E-state index in [0.717, 1.165) is 95.6 Å². The van der Waals surface area contributed by atoms with Crippen molar-refractivity contribution in [1.82, 2.24) is 0 Å². The maximum atomic E-state index is 13.7. The molecule has 0 saturated heterocycles. The van der Waals surface area contributed by atoms with Gasteiger partial charge in [-0.05, 0) is 142 Å². The third kappa shape index (κ3) is 23.4. The van der Waals surface area contributed by atoms with Crippen LogP contribution in [0, 0.1) is 15.3 Å². The molecule has 0 atom stereocenters. The number of carbonyl (C=O) groups is 5. The van der Waals surface area contributed by atoms with Gasteiger partial charge in [-0.15, -0.1) is 0 Å². The molecule has 424 valence electrons. The predicted octanol–water partition coefficient (Wildman–Crippen LogP) is 13.7. The molecular formula is C61H69N3O16. The third-order valence-corrected chi connectivity index (χ3v) is 12.1. The summed E-state index contributed by atoms with van der Waals surface area (Å²) in [5.74, 6) is -1.05. The molecule has 0 aliphatic carbocycles. The molecule has 5 aromatic rings. The highest BCUT2D eigenvalue weighted by Gasteiger charge is 2.24. The van der Waals surface area contributed by atoms with Crippen molar-refractivity contribution in [3.8, 4) is 28.7 Å². The summed E-state index contributed by atoms with van der Waals surface area (Å²) in [6, 6.07) is 28.7. The fraction of sp³-hybridized carbons (Fsp3) is 0.361. The maximum absolute atomic E-state index is 13.7. The summed E-state index contributed by atoms with van der Waals surface area (Å²) in [7, 11) is 0. The molecule has 0 aliphatic heterocycles. The monoisotopic (exact) mass is 1100 g/mol. The predicted molar refractivity (Wildman–Crippen MR) is 297 cm³/mol. The van der Waals surface area contributed by atoms with Crippen LogP contribution in [-0.2, 0) is 23.8 Å². The Labute approximate surface area is 465 Å². The number of nitro groups is 1. The van der Waals surface area contributed by atoms with Crippen molar-refractivity contribution in [1.29, 1.82) is 0 Å². The number of rotatable bonds is 38. The average Bonchev–Trinajstić information content (AvgIpc) is 3.48. The Morgan fingerprint density at radius 3 is 1.23 bits per heavy atom. The van der Waals surface area contributed by atoms with Gasteiger partial charge >= 0.3 is 29.8 Å². The van der Waals surface area contributed by atoms with Crippen LogP contribution < -0.4 is 23.7 Å². The Morgan fingerprint density at radius 2 is 0.787 bits per heavy atom. The van der Waals surface area contributed by atoms with E-state index < -0.39 is 34.8 Å². The van der Waals surface area contributed by atoms with Crippen molar-refractivity contribution >= 4 is 46.9 Å². The van der Waals surface area contributed by atoms with Crippen molar-refractivity contribution in [2.75, 3.05) is 39.6 Å². The lowest BCUT2D eigenvalue weighted by Gasteiger charge is -2.12. The van der Waals surface area contributed by atoms with Gasteiger partial charge in [0.2, 0.25) is 5.69 Å². The van der Waals surface area contributed by atoms with Gasteiger partial charge < -0.3 is 43.1 Å². The van der Waals surface area contributed by atoms with E-state index in [1.54, 1.807) is 72.8 Å². The standard InChI is InChI=1S/C61H69N3O16/c1-3-57(65)76-42-18-11-7-5-9-15-39-74-51-30-34-53(35-31-51)79-59(67)46-21-38-55(61(69)80-54-36-32-52(33-37-54)75-40-16-10-6-8-12-19-43-77-58(66)4-2)56(45-46)60(68)78-44-20-14-13-17-41-73-50-28-22-47(23-29-50)62-63(70)48-24-26-49(27-25-48)64(71)72/h3-4,21-38,45H,1-2,5-20,39-44H2. The minimum atomic E-state index is -0.845. The second-order valence-electron chi connectivity index (χ2n) is 18.2. The Hall–Kier alpha value is -8.87. The van der Waals surface area contributed by atoms with E-state index in [2.05, 4.69) is 18.3 Å². The number of hydrogen-bond acceptors (Lipinski definition) is 17. The molecule has 0 aliphatic rings. The zero-order valence-electron chi connectivity index (χ0n) is 45.0. The van der Waals surface area contributed by atoms with Gasteiger partial charge in [0, 0.05) is 41.5 Å². The summed E-state index contributed by atoms with van der Waals surface area (Å²) >= 11 is 0. The summed E-state index contributed by atoms with van der Waals surface area (Å²) in [6.07, 6.45) is 16.3. The van der Waals surface area contributed by atoms with Gasteiger partial charge in [-0.25, -0.2) is 24.0 Å². The molecular weight excluding hydrogens is 1030 g/mol. The van der Waals surface area contributed by atoms with Crippen LogP contribution >= 0.6 is 0 Å². The lowest BCUT2D eigenvalue weighted by atomic mass is 10.0. The van der Waals surface area contributed by atoms with Crippen LogP contribution in [0.4, 0.5) is 17.1 Å². The fourth-order valence-electron chi connectivity index (χ4n) is 7.68. The van der Waals surface area contributed by atoms with Crippen molar-refractivity contribution in [3.05, 3.63) is 173 Å². The number of unbranched alkanes of at least 4 members (excludes halogenated alkanes) is 13. The van der Waals surface area contributed by atoms with E-state index in [9.17, 15) is 39.3 Å². The van der Waals surface area contributed by atoms with Crippen LogP contribution in [0.3, 0.4) is 0 Å². The van der Waals surface area contributed by atoms with Crippen molar-refractivity contribution in [2.45, 2.75) is 103 Å². The summed E-state index contributed by atoms with van der Waals surface area (Å²) in [5, 5.41) is 27.3. The van der Waals surface area contributed by atoms with E-state index in [-0.39, 0.29) is 46.2 Å². The molecule has 0 N–H and O–H groups in total. The number of nitrogens with zero attached hydrogens (tertiary/aromatic N) is 3. The van der Waals surface area contributed by atoms with Crippen LogP contribution in [0.15, 0.2) is 146 Å². The smallest absolute Gasteiger partial charge is 0.344 e. The summed E-state index contributed by atoms with van der Waals surface area (Å²) in [4.78, 5) is 73.8. The van der Waals surface area contributed by atoms with E-state index in [4.69, 9.17) is 37.9 Å². The second kappa shape index (κ2) is 35.5. The van der Waals surface area contributed by atoms with Crippen molar-refractivity contribution in [3.63, 3.8) is 0 Å².